The zero-order valence-electron chi connectivity index (χ0n) is 10.3. The highest BCUT2D eigenvalue weighted by Crippen LogP contribution is 2.16. The summed E-state index contributed by atoms with van der Waals surface area (Å²) in [6.07, 6.45) is 0. The van der Waals surface area contributed by atoms with Crippen LogP contribution in [0.15, 0.2) is 34.9 Å². The Balaban J connectivity index is 1.94. The van der Waals surface area contributed by atoms with Crippen molar-refractivity contribution >= 4 is 17.6 Å². The highest BCUT2D eigenvalue weighted by Gasteiger charge is 2.11. The number of hydrogen-bond donors (Lipinski definition) is 2. The van der Waals surface area contributed by atoms with Gasteiger partial charge < -0.3 is 14.9 Å². The quantitative estimate of drug-likeness (QED) is 0.881. The summed E-state index contributed by atoms with van der Waals surface area (Å²) in [5.74, 6) is -0.612. The molecule has 2 aromatic rings. The number of carbonyl (C=O) groups is 1. The first kappa shape index (κ1) is 13.6. The van der Waals surface area contributed by atoms with Gasteiger partial charge in [-0.1, -0.05) is 28.9 Å². The Morgan fingerprint density at radius 2 is 2.16 bits per heavy atom. The van der Waals surface area contributed by atoms with Gasteiger partial charge in [0.1, 0.15) is 0 Å². The van der Waals surface area contributed by atoms with E-state index in [1.54, 1.807) is 0 Å². The first-order chi connectivity index (χ1) is 9.06. The van der Waals surface area contributed by atoms with Gasteiger partial charge in [-0.05, 0) is 24.6 Å². The van der Waals surface area contributed by atoms with Crippen molar-refractivity contribution in [3.8, 4) is 0 Å². The summed E-state index contributed by atoms with van der Waals surface area (Å²) in [7, 11) is 0. The molecule has 2 N–H and O–H groups in total. The monoisotopic (exact) mass is 280 g/mol. The second kappa shape index (κ2) is 5.86. The summed E-state index contributed by atoms with van der Waals surface area (Å²) in [5, 5.41) is 16.1. The molecule has 1 heterocycles. The number of rotatable bonds is 5. The third-order valence-corrected chi connectivity index (χ3v) is 2.98. The summed E-state index contributed by atoms with van der Waals surface area (Å²) < 4.78 is 4.92. The van der Waals surface area contributed by atoms with Crippen LogP contribution in [0.4, 0.5) is 0 Å². The predicted molar refractivity (Wildman–Crippen MR) is 70.2 cm³/mol. The maximum Gasteiger partial charge on any atom is 0.358 e. The van der Waals surface area contributed by atoms with Gasteiger partial charge in [0, 0.05) is 17.1 Å². The van der Waals surface area contributed by atoms with Crippen LogP contribution in [0.5, 0.6) is 0 Å². The number of halogens is 1. The first-order valence-electron chi connectivity index (χ1n) is 5.74. The Labute approximate surface area is 115 Å². The third-order valence-electron chi connectivity index (χ3n) is 2.73. The van der Waals surface area contributed by atoms with Gasteiger partial charge in [0.25, 0.3) is 0 Å². The minimum Gasteiger partial charge on any atom is -0.476 e. The number of nitrogens with one attached hydrogen (secondary N) is 1. The maximum absolute atomic E-state index is 10.7. The van der Waals surface area contributed by atoms with Crippen LogP contribution in [0, 0.1) is 0 Å². The maximum atomic E-state index is 10.7. The molecule has 0 radical (unpaired) electrons. The van der Waals surface area contributed by atoms with E-state index in [1.165, 1.54) is 6.07 Å². The molecule has 0 fully saturated rings. The van der Waals surface area contributed by atoms with Gasteiger partial charge in [-0.15, -0.1) is 0 Å². The number of carboxylic acids is 1. The molecule has 0 aliphatic carbocycles. The molecule has 0 unspecified atom stereocenters. The van der Waals surface area contributed by atoms with Gasteiger partial charge in [-0.3, -0.25) is 0 Å². The molecule has 0 saturated heterocycles. The van der Waals surface area contributed by atoms with E-state index in [1.807, 2.05) is 31.2 Å². The normalized spacial score (nSPS) is 12.3. The van der Waals surface area contributed by atoms with Crippen molar-refractivity contribution in [2.45, 2.75) is 19.5 Å². The van der Waals surface area contributed by atoms with Crippen LogP contribution in [0.3, 0.4) is 0 Å². The highest BCUT2D eigenvalue weighted by molar-refractivity contribution is 6.30. The number of nitrogens with zero attached hydrogens (tertiary/aromatic N) is 1. The van der Waals surface area contributed by atoms with Crippen LogP contribution in [-0.4, -0.2) is 16.2 Å². The summed E-state index contributed by atoms with van der Waals surface area (Å²) in [4.78, 5) is 10.7. The average Bonchev–Trinajstić information content (AvgIpc) is 2.86. The van der Waals surface area contributed by atoms with E-state index in [4.69, 9.17) is 21.2 Å². The molecule has 2 rings (SSSR count). The van der Waals surface area contributed by atoms with Crippen molar-refractivity contribution in [2.24, 2.45) is 0 Å². The van der Waals surface area contributed by atoms with Gasteiger partial charge in [0.2, 0.25) is 0 Å². The van der Waals surface area contributed by atoms with Crippen LogP contribution >= 0.6 is 11.6 Å². The van der Waals surface area contributed by atoms with E-state index in [-0.39, 0.29) is 11.7 Å². The SMILES string of the molecule is C[C@H](NCc1cc(C(=O)O)no1)c1ccc(Cl)cc1. The van der Waals surface area contributed by atoms with Crippen LogP contribution in [0.1, 0.15) is 34.8 Å². The third kappa shape index (κ3) is 3.56. The minimum absolute atomic E-state index is 0.0871. The van der Waals surface area contributed by atoms with Crippen LogP contribution < -0.4 is 5.32 Å². The fourth-order valence-electron chi connectivity index (χ4n) is 1.62. The fourth-order valence-corrected chi connectivity index (χ4v) is 1.75. The Hall–Kier alpha value is -1.85. The molecule has 6 heteroatoms. The average molecular weight is 281 g/mol. The molecule has 100 valence electrons. The number of aromatic carboxylic acids is 1. The largest absolute Gasteiger partial charge is 0.476 e. The lowest BCUT2D eigenvalue weighted by molar-refractivity contribution is 0.0685. The number of benzene rings is 1. The second-order valence-corrected chi connectivity index (χ2v) is 4.57. The molecular weight excluding hydrogens is 268 g/mol. The second-order valence-electron chi connectivity index (χ2n) is 4.14. The molecule has 0 aliphatic rings. The molecule has 0 saturated carbocycles. The minimum atomic E-state index is -1.10. The van der Waals surface area contributed by atoms with Gasteiger partial charge in [-0.25, -0.2) is 4.79 Å². The Morgan fingerprint density at radius 1 is 1.47 bits per heavy atom. The molecule has 1 aromatic heterocycles. The van der Waals surface area contributed by atoms with E-state index in [0.717, 1.165) is 5.56 Å². The Kier molecular flexibility index (Phi) is 4.19. The van der Waals surface area contributed by atoms with Crippen LogP contribution in [0.25, 0.3) is 0 Å². The standard InChI is InChI=1S/C13H13ClN2O3/c1-8(9-2-4-10(14)5-3-9)15-7-11-6-12(13(17)18)16-19-11/h2-6,8,15H,7H2,1H3,(H,17,18)/t8-/m0/s1. The van der Waals surface area contributed by atoms with Crippen molar-refractivity contribution in [1.82, 2.24) is 10.5 Å². The lowest BCUT2D eigenvalue weighted by Crippen LogP contribution is -2.17. The van der Waals surface area contributed by atoms with Crippen molar-refractivity contribution in [3.05, 3.63) is 52.4 Å². The summed E-state index contributed by atoms with van der Waals surface area (Å²) in [6, 6.07) is 9.02. The fraction of sp³-hybridized carbons (Fsp3) is 0.231. The molecule has 1 aromatic carbocycles. The lowest BCUT2D eigenvalue weighted by atomic mass is 10.1. The van der Waals surface area contributed by atoms with E-state index in [2.05, 4.69) is 10.5 Å². The van der Waals surface area contributed by atoms with Crippen molar-refractivity contribution < 1.29 is 14.4 Å². The first-order valence-corrected chi connectivity index (χ1v) is 6.12. The van der Waals surface area contributed by atoms with Crippen molar-refractivity contribution in [3.63, 3.8) is 0 Å². The molecule has 0 aliphatic heterocycles. The molecule has 0 bridgehead atoms. The van der Waals surface area contributed by atoms with Gasteiger partial charge in [0.15, 0.2) is 11.5 Å². The van der Waals surface area contributed by atoms with Crippen LogP contribution in [0.2, 0.25) is 5.02 Å². The summed E-state index contributed by atoms with van der Waals surface area (Å²) >= 11 is 5.82. The smallest absolute Gasteiger partial charge is 0.358 e. The predicted octanol–water partition coefficient (Wildman–Crippen LogP) is 2.88. The lowest BCUT2D eigenvalue weighted by Gasteiger charge is -2.12. The van der Waals surface area contributed by atoms with Gasteiger partial charge in [0.05, 0.1) is 6.54 Å². The number of hydrogen-bond acceptors (Lipinski definition) is 4. The molecule has 5 nitrogen and oxygen atoms in total. The van der Waals surface area contributed by atoms with E-state index in [0.29, 0.717) is 17.3 Å². The van der Waals surface area contributed by atoms with Gasteiger partial charge >= 0.3 is 5.97 Å². The summed E-state index contributed by atoms with van der Waals surface area (Å²) in [6.45, 7) is 2.40. The van der Waals surface area contributed by atoms with Crippen LogP contribution in [-0.2, 0) is 6.54 Å². The zero-order chi connectivity index (χ0) is 13.8. The number of aromatic nitrogens is 1. The molecule has 0 amide bonds. The van der Waals surface area contributed by atoms with Gasteiger partial charge in [-0.2, -0.15) is 0 Å². The number of carboxylic acid groups (broad SMARTS) is 1. The zero-order valence-corrected chi connectivity index (χ0v) is 11.0. The highest BCUT2D eigenvalue weighted by atomic mass is 35.5. The van der Waals surface area contributed by atoms with E-state index < -0.39 is 5.97 Å². The Morgan fingerprint density at radius 3 is 2.74 bits per heavy atom. The van der Waals surface area contributed by atoms with E-state index in [9.17, 15) is 4.79 Å². The summed E-state index contributed by atoms with van der Waals surface area (Å²) in [5.41, 5.74) is 0.998. The van der Waals surface area contributed by atoms with E-state index >= 15 is 0 Å². The Bertz CT molecular complexity index is 566. The topological polar surface area (TPSA) is 75.4 Å². The van der Waals surface area contributed by atoms with Crippen molar-refractivity contribution in [1.29, 1.82) is 0 Å². The molecule has 0 spiro atoms. The van der Waals surface area contributed by atoms with Crippen molar-refractivity contribution in [2.75, 3.05) is 0 Å². The molecule has 1 atom stereocenters. The molecule has 19 heavy (non-hydrogen) atoms. The molecular formula is C13H13ClN2O3.